The lowest BCUT2D eigenvalue weighted by molar-refractivity contribution is -0.158. The summed E-state index contributed by atoms with van der Waals surface area (Å²) in [5.74, 6) is 0.117. The second-order valence-electron chi connectivity index (χ2n) is 8.38. The third-order valence-corrected chi connectivity index (χ3v) is 5.56. The number of ether oxygens (including phenoxy) is 1. The maximum atomic E-state index is 13.2. The van der Waals surface area contributed by atoms with Crippen molar-refractivity contribution in [3.05, 3.63) is 70.6 Å². The van der Waals surface area contributed by atoms with Gasteiger partial charge < -0.3 is 20.1 Å². The highest BCUT2D eigenvalue weighted by atomic mass is 19.3. The summed E-state index contributed by atoms with van der Waals surface area (Å²) in [6.07, 6.45) is 5.46. The summed E-state index contributed by atoms with van der Waals surface area (Å²) in [5, 5.41) is 13.5. The molecule has 33 heavy (non-hydrogen) atoms. The van der Waals surface area contributed by atoms with E-state index < -0.39 is 6.11 Å². The van der Waals surface area contributed by atoms with Crippen LogP contribution in [-0.4, -0.2) is 35.3 Å². The van der Waals surface area contributed by atoms with Crippen molar-refractivity contribution in [3.63, 3.8) is 0 Å². The number of β-amino-alcohol motifs (C(OH)–C–C–N with tert-alkyl or cyclic N) is 1. The SMILES string of the molecule is C\C=C/C(=C(C(Nc1ccc(OC(C)(F)F)cc1)=C(C)CC)/C(=C/CC)CC)N1CC(O)C1. The van der Waals surface area contributed by atoms with Crippen LogP contribution >= 0.6 is 0 Å². The zero-order valence-electron chi connectivity index (χ0n) is 20.7. The van der Waals surface area contributed by atoms with Crippen molar-refractivity contribution < 1.29 is 18.6 Å². The minimum Gasteiger partial charge on any atom is -0.433 e. The van der Waals surface area contributed by atoms with E-state index in [0.29, 0.717) is 13.1 Å². The quantitative estimate of drug-likeness (QED) is 0.348. The number of likely N-dealkylation sites (tertiary alicyclic amines) is 1. The first-order chi connectivity index (χ1) is 15.6. The molecule has 1 aromatic rings. The first-order valence-electron chi connectivity index (χ1n) is 11.8. The van der Waals surface area contributed by atoms with Gasteiger partial charge in [0.2, 0.25) is 0 Å². The second-order valence-corrected chi connectivity index (χ2v) is 8.38. The number of nitrogens with zero attached hydrogens (tertiary/aromatic N) is 1. The first kappa shape index (κ1) is 26.7. The van der Waals surface area contributed by atoms with Crippen molar-refractivity contribution in [1.82, 2.24) is 4.90 Å². The van der Waals surface area contributed by atoms with E-state index in [4.69, 9.17) is 0 Å². The van der Waals surface area contributed by atoms with Crippen LogP contribution in [0.15, 0.2) is 70.6 Å². The number of halogens is 2. The van der Waals surface area contributed by atoms with Crippen LogP contribution in [0.3, 0.4) is 0 Å². The van der Waals surface area contributed by atoms with Crippen LogP contribution in [-0.2, 0) is 0 Å². The number of nitrogens with one attached hydrogen (secondary N) is 1. The molecular formula is C27H38F2N2O2. The van der Waals surface area contributed by atoms with Crippen molar-refractivity contribution in [3.8, 4) is 5.75 Å². The molecule has 0 spiro atoms. The highest BCUT2D eigenvalue weighted by Gasteiger charge is 2.29. The summed E-state index contributed by atoms with van der Waals surface area (Å²) < 4.78 is 31.1. The van der Waals surface area contributed by atoms with E-state index in [0.717, 1.165) is 48.8 Å². The highest BCUT2D eigenvalue weighted by molar-refractivity contribution is 5.62. The van der Waals surface area contributed by atoms with Crippen molar-refractivity contribution in [1.29, 1.82) is 0 Å². The lowest BCUT2D eigenvalue weighted by Gasteiger charge is -2.40. The van der Waals surface area contributed by atoms with E-state index in [9.17, 15) is 13.9 Å². The van der Waals surface area contributed by atoms with E-state index in [-0.39, 0.29) is 11.9 Å². The Labute approximate surface area is 197 Å². The number of hydrogen-bond donors (Lipinski definition) is 2. The van der Waals surface area contributed by atoms with E-state index in [1.54, 1.807) is 24.3 Å². The fourth-order valence-corrected chi connectivity index (χ4v) is 3.80. The normalized spacial score (nSPS) is 17.0. The second kappa shape index (κ2) is 12.0. The number of allylic oxidation sites excluding steroid dienone is 5. The van der Waals surface area contributed by atoms with Gasteiger partial charge in [-0.3, -0.25) is 0 Å². The Balaban J connectivity index is 2.58. The smallest absolute Gasteiger partial charge is 0.394 e. The summed E-state index contributed by atoms with van der Waals surface area (Å²) >= 11 is 0. The summed E-state index contributed by atoms with van der Waals surface area (Å²) in [5.41, 5.74) is 6.40. The monoisotopic (exact) mass is 460 g/mol. The average molecular weight is 461 g/mol. The van der Waals surface area contributed by atoms with Crippen LogP contribution < -0.4 is 10.1 Å². The molecule has 1 aliphatic rings. The summed E-state index contributed by atoms with van der Waals surface area (Å²) in [7, 11) is 0. The predicted molar refractivity (Wildman–Crippen MR) is 132 cm³/mol. The van der Waals surface area contributed by atoms with Gasteiger partial charge in [0.05, 0.1) is 6.10 Å². The predicted octanol–water partition coefficient (Wildman–Crippen LogP) is 7.03. The number of aliphatic hydroxyl groups excluding tert-OH is 1. The molecule has 182 valence electrons. The molecule has 0 aliphatic carbocycles. The number of hydrogen-bond acceptors (Lipinski definition) is 4. The van der Waals surface area contributed by atoms with E-state index in [2.05, 4.69) is 54.8 Å². The Morgan fingerprint density at radius 3 is 2.27 bits per heavy atom. The molecule has 0 bridgehead atoms. The minimum absolute atomic E-state index is 0.117. The Hall–Kier alpha value is -2.60. The Bertz CT molecular complexity index is 903. The first-order valence-corrected chi connectivity index (χ1v) is 11.8. The molecule has 0 unspecified atom stereocenters. The number of aliphatic hydroxyl groups is 1. The van der Waals surface area contributed by atoms with Gasteiger partial charge in [0.15, 0.2) is 0 Å². The maximum Gasteiger partial charge on any atom is 0.394 e. The summed E-state index contributed by atoms with van der Waals surface area (Å²) in [6.45, 7) is 12.4. The van der Waals surface area contributed by atoms with Gasteiger partial charge in [0, 0.05) is 42.7 Å². The van der Waals surface area contributed by atoms with Crippen LogP contribution in [0.2, 0.25) is 0 Å². The average Bonchev–Trinajstić information content (AvgIpc) is 2.74. The van der Waals surface area contributed by atoms with E-state index in [1.165, 1.54) is 11.1 Å². The lowest BCUT2D eigenvalue weighted by atomic mass is 9.91. The van der Waals surface area contributed by atoms with Gasteiger partial charge in [-0.25, -0.2) is 0 Å². The molecular weight excluding hydrogens is 422 g/mol. The molecule has 1 saturated heterocycles. The van der Waals surface area contributed by atoms with Crippen molar-refractivity contribution in [2.75, 3.05) is 18.4 Å². The summed E-state index contributed by atoms with van der Waals surface area (Å²) in [6, 6.07) is 6.59. The lowest BCUT2D eigenvalue weighted by Crippen LogP contribution is -2.50. The van der Waals surface area contributed by atoms with E-state index in [1.807, 2.05) is 13.0 Å². The van der Waals surface area contributed by atoms with Gasteiger partial charge in [0.1, 0.15) is 5.75 Å². The standard InChI is InChI=1S/C27H38F2N2O2/c1-7-11-20(10-4)25(24(12-8-2)31-17-22(32)18-31)26(19(5)9-3)30-21-13-15-23(16-14-21)33-27(6,28)29/h8,11-16,22,30,32H,7,9-10,17-18H2,1-6H3/b12-8-,20-11+,25-24+,26-19?. The molecule has 6 heteroatoms. The third kappa shape index (κ3) is 7.46. The summed E-state index contributed by atoms with van der Waals surface area (Å²) in [4.78, 5) is 2.20. The maximum absolute atomic E-state index is 13.2. The molecule has 0 saturated carbocycles. The molecule has 1 aromatic carbocycles. The third-order valence-electron chi connectivity index (χ3n) is 5.56. The van der Waals surface area contributed by atoms with Crippen LogP contribution in [0.25, 0.3) is 0 Å². The van der Waals surface area contributed by atoms with Gasteiger partial charge in [-0.2, -0.15) is 8.78 Å². The Morgan fingerprint density at radius 2 is 1.82 bits per heavy atom. The topological polar surface area (TPSA) is 44.7 Å². The van der Waals surface area contributed by atoms with Gasteiger partial charge >= 0.3 is 6.11 Å². The Morgan fingerprint density at radius 1 is 1.18 bits per heavy atom. The van der Waals surface area contributed by atoms with Crippen LogP contribution in [0.1, 0.15) is 60.8 Å². The molecule has 0 atom stereocenters. The van der Waals surface area contributed by atoms with Gasteiger partial charge in [-0.05, 0) is 74.6 Å². The molecule has 1 heterocycles. The van der Waals surface area contributed by atoms with Crippen molar-refractivity contribution >= 4 is 5.69 Å². The molecule has 1 aliphatic heterocycles. The molecule has 0 radical (unpaired) electrons. The fraction of sp³-hybridized carbons (Fsp3) is 0.481. The number of anilines is 1. The highest BCUT2D eigenvalue weighted by Crippen LogP contribution is 2.34. The minimum atomic E-state index is -3.22. The van der Waals surface area contributed by atoms with Gasteiger partial charge in [-0.15, -0.1) is 0 Å². The van der Waals surface area contributed by atoms with Crippen LogP contribution in [0.5, 0.6) is 5.75 Å². The van der Waals surface area contributed by atoms with Gasteiger partial charge in [0.25, 0.3) is 0 Å². The number of rotatable bonds is 11. The van der Waals surface area contributed by atoms with Crippen molar-refractivity contribution in [2.45, 2.75) is 73.0 Å². The van der Waals surface area contributed by atoms with Crippen molar-refractivity contribution in [2.24, 2.45) is 0 Å². The number of benzene rings is 1. The molecule has 0 amide bonds. The number of alkyl halides is 2. The molecule has 2 N–H and O–H groups in total. The molecule has 2 rings (SSSR count). The Kier molecular flexibility index (Phi) is 9.71. The van der Waals surface area contributed by atoms with Crippen LogP contribution in [0, 0.1) is 0 Å². The van der Waals surface area contributed by atoms with E-state index >= 15 is 0 Å². The zero-order valence-corrected chi connectivity index (χ0v) is 20.7. The molecule has 1 fully saturated rings. The molecule has 4 nitrogen and oxygen atoms in total. The van der Waals surface area contributed by atoms with Crippen LogP contribution in [0.4, 0.5) is 14.5 Å². The largest absolute Gasteiger partial charge is 0.433 e. The fourth-order valence-electron chi connectivity index (χ4n) is 3.80. The van der Waals surface area contributed by atoms with Gasteiger partial charge in [-0.1, -0.05) is 32.9 Å². The zero-order chi connectivity index (χ0) is 24.6. The molecule has 0 aromatic heterocycles.